The second-order valence-corrected chi connectivity index (χ2v) is 4.56. The van der Waals surface area contributed by atoms with Gasteiger partial charge in [0.05, 0.1) is 6.61 Å². The van der Waals surface area contributed by atoms with E-state index < -0.39 is 0 Å². The highest BCUT2D eigenvalue weighted by molar-refractivity contribution is 5.22. The molecule has 1 rings (SSSR count). The summed E-state index contributed by atoms with van der Waals surface area (Å²) in [5, 5.41) is 3.15. The highest BCUT2D eigenvalue weighted by atomic mass is 16.5. The Morgan fingerprint density at radius 1 is 1.24 bits per heavy atom. The predicted octanol–water partition coefficient (Wildman–Crippen LogP) is 1.87. The smallest absolute Gasteiger partial charge is 0.0716 e. The molecule has 0 aliphatic rings. The van der Waals surface area contributed by atoms with Crippen molar-refractivity contribution in [2.75, 3.05) is 34.3 Å². The van der Waals surface area contributed by atoms with E-state index in [0.29, 0.717) is 6.61 Å². The Labute approximate surface area is 105 Å². The molecule has 0 unspecified atom stereocenters. The van der Waals surface area contributed by atoms with Gasteiger partial charge in [0.2, 0.25) is 0 Å². The zero-order valence-corrected chi connectivity index (χ0v) is 11.2. The number of hydrogen-bond acceptors (Lipinski definition) is 3. The Morgan fingerprint density at radius 2 is 2.00 bits per heavy atom. The monoisotopic (exact) mass is 236 g/mol. The zero-order valence-electron chi connectivity index (χ0n) is 11.2. The molecule has 0 radical (unpaired) electrons. The lowest BCUT2D eigenvalue weighted by Crippen LogP contribution is -2.14. The van der Waals surface area contributed by atoms with Crippen molar-refractivity contribution >= 4 is 0 Å². The van der Waals surface area contributed by atoms with Crippen LogP contribution < -0.4 is 5.32 Å². The van der Waals surface area contributed by atoms with Gasteiger partial charge in [0.1, 0.15) is 0 Å². The van der Waals surface area contributed by atoms with Gasteiger partial charge in [0, 0.05) is 13.2 Å². The summed E-state index contributed by atoms with van der Waals surface area (Å²) in [5.74, 6) is 0. The lowest BCUT2D eigenvalue weighted by Gasteiger charge is -2.10. The highest BCUT2D eigenvalue weighted by Crippen LogP contribution is 2.06. The second kappa shape index (κ2) is 8.23. The van der Waals surface area contributed by atoms with Crippen LogP contribution >= 0.6 is 0 Å². The van der Waals surface area contributed by atoms with Gasteiger partial charge in [-0.2, -0.15) is 0 Å². The molecule has 0 bridgehead atoms. The maximum absolute atomic E-state index is 5.66. The fourth-order valence-corrected chi connectivity index (χ4v) is 1.71. The van der Waals surface area contributed by atoms with Crippen molar-refractivity contribution in [3.63, 3.8) is 0 Å². The van der Waals surface area contributed by atoms with Gasteiger partial charge in [-0.15, -0.1) is 0 Å². The third-order valence-electron chi connectivity index (χ3n) is 2.54. The molecule has 1 aromatic carbocycles. The van der Waals surface area contributed by atoms with E-state index >= 15 is 0 Å². The fourth-order valence-electron chi connectivity index (χ4n) is 1.71. The number of ether oxygens (including phenoxy) is 1. The van der Waals surface area contributed by atoms with E-state index in [1.807, 2.05) is 7.05 Å². The van der Waals surface area contributed by atoms with Crippen molar-refractivity contribution in [2.45, 2.75) is 19.6 Å². The van der Waals surface area contributed by atoms with E-state index in [-0.39, 0.29) is 0 Å². The van der Waals surface area contributed by atoms with Gasteiger partial charge in [-0.1, -0.05) is 24.3 Å². The van der Waals surface area contributed by atoms with Crippen molar-refractivity contribution in [2.24, 2.45) is 0 Å². The van der Waals surface area contributed by atoms with Crippen molar-refractivity contribution in [1.29, 1.82) is 0 Å². The molecule has 0 spiro atoms. The fraction of sp³-hybridized carbons (Fsp3) is 0.571. The van der Waals surface area contributed by atoms with Crippen LogP contribution in [0.1, 0.15) is 17.5 Å². The third-order valence-corrected chi connectivity index (χ3v) is 2.54. The van der Waals surface area contributed by atoms with E-state index in [4.69, 9.17) is 4.74 Å². The molecule has 0 aromatic heterocycles. The highest BCUT2D eigenvalue weighted by Gasteiger charge is 1.96. The average molecular weight is 236 g/mol. The summed E-state index contributed by atoms with van der Waals surface area (Å²) in [6.07, 6.45) is 1.09. The summed E-state index contributed by atoms with van der Waals surface area (Å²) < 4.78 is 5.66. The van der Waals surface area contributed by atoms with E-state index in [0.717, 1.165) is 26.1 Å². The van der Waals surface area contributed by atoms with Gasteiger partial charge in [-0.05, 0) is 45.2 Å². The first-order chi connectivity index (χ1) is 8.22. The number of benzene rings is 1. The second-order valence-electron chi connectivity index (χ2n) is 4.56. The molecule has 0 saturated heterocycles. The molecule has 0 aliphatic heterocycles. The van der Waals surface area contributed by atoms with Gasteiger partial charge < -0.3 is 15.0 Å². The molecule has 0 fully saturated rings. The van der Waals surface area contributed by atoms with E-state index in [2.05, 4.69) is 48.6 Å². The van der Waals surface area contributed by atoms with Crippen LogP contribution in [0.4, 0.5) is 0 Å². The molecule has 3 heteroatoms. The molecular weight excluding hydrogens is 212 g/mol. The number of rotatable bonds is 8. The zero-order chi connectivity index (χ0) is 12.5. The standard InChI is InChI=1S/C14H24N2O/c1-15-11-13-6-4-7-14(10-13)12-17-9-5-8-16(2)3/h4,6-7,10,15H,5,8-9,11-12H2,1-3H3. The topological polar surface area (TPSA) is 24.5 Å². The largest absolute Gasteiger partial charge is 0.377 e. The van der Waals surface area contributed by atoms with E-state index in [9.17, 15) is 0 Å². The minimum atomic E-state index is 0.713. The number of nitrogens with one attached hydrogen (secondary N) is 1. The molecule has 1 aromatic rings. The molecule has 17 heavy (non-hydrogen) atoms. The maximum atomic E-state index is 5.66. The first-order valence-corrected chi connectivity index (χ1v) is 6.17. The van der Waals surface area contributed by atoms with Crippen LogP contribution in [-0.2, 0) is 17.9 Å². The van der Waals surface area contributed by atoms with Crippen molar-refractivity contribution in [3.8, 4) is 0 Å². The predicted molar refractivity (Wildman–Crippen MR) is 72.0 cm³/mol. The molecule has 0 aliphatic carbocycles. The average Bonchev–Trinajstić information content (AvgIpc) is 2.29. The SMILES string of the molecule is CNCc1cccc(COCCCN(C)C)c1. The third kappa shape index (κ3) is 6.41. The van der Waals surface area contributed by atoms with Crippen LogP contribution in [-0.4, -0.2) is 39.2 Å². The van der Waals surface area contributed by atoms with E-state index in [1.165, 1.54) is 11.1 Å². The first-order valence-electron chi connectivity index (χ1n) is 6.17. The Balaban J connectivity index is 2.24. The quantitative estimate of drug-likeness (QED) is 0.697. The van der Waals surface area contributed by atoms with Crippen molar-refractivity contribution in [1.82, 2.24) is 10.2 Å². The molecule has 0 heterocycles. The van der Waals surface area contributed by atoms with Crippen LogP contribution in [0.2, 0.25) is 0 Å². The normalized spacial score (nSPS) is 11.1. The van der Waals surface area contributed by atoms with Crippen molar-refractivity contribution < 1.29 is 4.74 Å². The van der Waals surface area contributed by atoms with Crippen LogP contribution in [0.3, 0.4) is 0 Å². The maximum Gasteiger partial charge on any atom is 0.0716 e. The van der Waals surface area contributed by atoms with Gasteiger partial charge in [-0.25, -0.2) is 0 Å². The molecule has 0 saturated carbocycles. The van der Waals surface area contributed by atoms with Gasteiger partial charge >= 0.3 is 0 Å². The molecule has 0 amide bonds. The molecule has 0 atom stereocenters. The van der Waals surface area contributed by atoms with Crippen LogP contribution in [0.5, 0.6) is 0 Å². The summed E-state index contributed by atoms with van der Waals surface area (Å²) >= 11 is 0. The van der Waals surface area contributed by atoms with Crippen molar-refractivity contribution in [3.05, 3.63) is 35.4 Å². The Kier molecular flexibility index (Phi) is 6.86. The molecule has 96 valence electrons. The Hall–Kier alpha value is -0.900. The summed E-state index contributed by atoms with van der Waals surface area (Å²) in [4.78, 5) is 2.18. The van der Waals surface area contributed by atoms with Gasteiger partial charge in [0.15, 0.2) is 0 Å². The molecule has 1 N–H and O–H groups in total. The van der Waals surface area contributed by atoms with E-state index in [1.54, 1.807) is 0 Å². The number of nitrogens with zero attached hydrogens (tertiary/aromatic N) is 1. The lowest BCUT2D eigenvalue weighted by atomic mass is 10.1. The minimum Gasteiger partial charge on any atom is -0.377 e. The van der Waals surface area contributed by atoms with Crippen LogP contribution in [0.25, 0.3) is 0 Å². The summed E-state index contributed by atoms with van der Waals surface area (Å²) in [6.45, 7) is 3.54. The number of hydrogen-bond donors (Lipinski definition) is 1. The van der Waals surface area contributed by atoms with Crippen LogP contribution in [0, 0.1) is 0 Å². The molecular formula is C14H24N2O. The first kappa shape index (κ1) is 14.2. The lowest BCUT2D eigenvalue weighted by molar-refractivity contribution is 0.113. The van der Waals surface area contributed by atoms with Crippen LogP contribution in [0.15, 0.2) is 24.3 Å². The molecule has 3 nitrogen and oxygen atoms in total. The Morgan fingerprint density at radius 3 is 2.71 bits per heavy atom. The minimum absolute atomic E-state index is 0.713. The summed E-state index contributed by atoms with van der Waals surface area (Å²) in [7, 11) is 6.13. The van der Waals surface area contributed by atoms with Gasteiger partial charge in [-0.3, -0.25) is 0 Å². The van der Waals surface area contributed by atoms with Gasteiger partial charge in [0.25, 0.3) is 0 Å². The summed E-state index contributed by atoms with van der Waals surface area (Å²) in [6, 6.07) is 8.53. The Bertz CT molecular complexity index is 313. The summed E-state index contributed by atoms with van der Waals surface area (Å²) in [5.41, 5.74) is 2.56.